The first-order valence-corrected chi connectivity index (χ1v) is 4.68. The first-order chi connectivity index (χ1) is 7.13. The first-order valence-electron chi connectivity index (χ1n) is 4.68. The normalized spacial score (nSPS) is 12.3. The van der Waals surface area contributed by atoms with Crippen LogP contribution >= 0.6 is 0 Å². The van der Waals surface area contributed by atoms with Crippen LogP contribution in [0, 0.1) is 13.8 Å². The number of hydrogen-bond acceptors (Lipinski definition) is 4. The second-order valence-corrected chi connectivity index (χ2v) is 3.33. The van der Waals surface area contributed by atoms with Crippen LogP contribution in [0.4, 0.5) is 0 Å². The molecule has 5 heteroatoms. The summed E-state index contributed by atoms with van der Waals surface area (Å²) < 4.78 is 1.68. The molecule has 2 aromatic heterocycles. The van der Waals surface area contributed by atoms with Gasteiger partial charge in [0, 0.05) is 6.20 Å². The van der Waals surface area contributed by atoms with Crippen LogP contribution in [0.1, 0.15) is 24.1 Å². The maximum absolute atomic E-state index is 9.51. The molecule has 0 amide bonds. The largest absolute Gasteiger partial charge is 0.504 e. The van der Waals surface area contributed by atoms with Gasteiger partial charge in [-0.3, -0.25) is 4.98 Å². The maximum atomic E-state index is 9.51. The molecule has 0 atom stereocenters. The minimum atomic E-state index is 0.0810. The predicted molar refractivity (Wildman–Crippen MR) is 56.5 cm³/mol. The molecule has 0 aromatic carbocycles. The van der Waals surface area contributed by atoms with Gasteiger partial charge in [0.2, 0.25) is 5.82 Å². The Kier molecular flexibility index (Phi) is 2.15. The lowest BCUT2D eigenvalue weighted by atomic mass is 10.4. The SMILES string of the molecule is C/C=C(\O)c1nc2c(C)ncc(C)n2n1. The van der Waals surface area contributed by atoms with Crippen molar-refractivity contribution >= 4 is 11.4 Å². The molecule has 78 valence electrons. The van der Waals surface area contributed by atoms with Crippen molar-refractivity contribution in [3.05, 3.63) is 29.5 Å². The molecular formula is C10H12N4O. The van der Waals surface area contributed by atoms with Gasteiger partial charge in [0.05, 0.1) is 11.4 Å². The van der Waals surface area contributed by atoms with Crippen LogP contribution in [0.25, 0.3) is 11.4 Å². The van der Waals surface area contributed by atoms with Crippen LogP contribution in [0.3, 0.4) is 0 Å². The van der Waals surface area contributed by atoms with Gasteiger partial charge in [-0.15, -0.1) is 5.10 Å². The highest BCUT2D eigenvalue weighted by Crippen LogP contribution is 2.11. The number of hydrogen-bond donors (Lipinski definition) is 1. The average molecular weight is 204 g/mol. The van der Waals surface area contributed by atoms with Crippen molar-refractivity contribution in [1.82, 2.24) is 19.6 Å². The van der Waals surface area contributed by atoms with Crippen molar-refractivity contribution < 1.29 is 5.11 Å². The highest BCUT2D eigenvalue weighted by atomic mass is 16.3. The second kappa shape index (κ2) is 3.34. The third kappa shape index (κ3) is 1.45. The van der Waals surface area contributed by atoms with Gasteiger partial charge in [0.25, 0.3) is 0 Å². The van der Waals surface area contributed by atoms with Crippen LogP contribution in [-0.2, 0) is 0 Å². The Balaban J connectivity index is 2.75. The molecule has 1 N–H and O–H groups in total. The van der Waals surface area contributed by atoms with Gasteiger partial charge in [-0.25, -0.2) is 9.50 Å². The van der Waals surface area contributed by atoms with Crippen molar-refractivity contribution in [3.63, 3.8) is 0 Å². The smallest absolute Gasteiger partial charge is 0.216 e. The van der Waals surface area contributed by atoms with Crippen molar-refractivity contribution in [3.8, 4) is 0 Å². The molecule has 0 saturated heterocycles. The quantitative estimate of drug-likeness (QED) is 0.717. The van der Waals surface area contributed by atoms with Gasteiger partial charge in [-0.05, 0) is 26.8 Å². The van der Waals surface area contributed by atoms with Crippen LogP contribution in [0.2, 0.25) is 0 Å². The molecule has 2 heterocycles. The lowest BCUT2D eigenvalue weighted by Crippen LogP contribution is -1.97. The predicted octanol–water partition coefficient (Wildman–Crippen LogP) is 1.66. The molecular weight excluding hydrogens is 192 g/mol. The fourth-order valence-corrected chi connectivity index (χ4v) is 1.33. The average Bonchev–Trinajstić information content (AvgIpc) is 2.68. The van der Waals surface area contributed by atoms with E-state index in [1.807, 2.05) is 13.8 Å². The first kappa shape index (κ1) is 9.64. The van der Waals surface area contributed by atoms with Crippen LogP contribution in [0.5, 0.6) is 0 Å². The molecule has 0 aliphatic rings. The van der Waals surface area contributed by atoms with E-state index in [1.54, 1.807) is 23.7 Å². The van der Waals surface area contributed by atoms with Crippen molar-refractivity contribution in [2.24, 2.45) is 0 Å². The highest BCUT2D eigenvalue weighted by molar-refractivity contribution is 5.55. The summed E-state index contributed by atoms with van der Waals surface area (Å²) in [5.41, 5.74) is 2.36. The molecule has 0 unspecified atom stereocenters. The van der Waals surface area contributed by atoms with Crippen LogP contribution < -0.4 is 0 Å². The van der Waals surface area contributed by atoms with Gasteiger partial charge >= 0.3 is 0 Å². The van der Waals surface area contributed by atoms with Gasteiger partial charge < -0.3 is 5.11 Å². The Hall–Kier alpha value is -1.91. The number of aliphatic hydroxyl groups excluding tert-OH is 1. The Morgan fingerprint density at radius 1 is 1.47 bits per heavy atom. The lowest BCUT2D eigenvalue weighted by molar-refractivity contribution is 0.503. The number of nitrogens with zero attached hydrogens (tertiary/aromatic N) is 4. The van der Waals surface area contributed by atoms with E-state index < -0.39 is 0 Å². The molecule has 0 saturated carbocycles. The Morgan fingerprint density at radius 2 is 2.20 bits per heavy atom. The van der Waals surface area contributed by atoms with E-state index in [2.05, 4.69) is 15.1 Å². The molecule has 0 spiro atoms. The zero-order valence-electron chi connectivity index (χ0n) is 8.89. The van der Waals surface area contributed by atoms with E-state index in [0.717, 1.165) is 11.4 Å². The maximum Gasteiger partial charge on any atom is 0.216 e. The third-order valence-electron chi connectivity index (χ3n) is 2.21. The molecule has 0 fully saturated rings. The lowest BCUT2D eigenvalue weighted by Gasteiger charge is -1.97. The molecule has 2 rings (SSSR count). The molecule has 0 bridgehead atoms. The molecule has 5 nitrogen and oxygen atoms in total. The molecule has 2 aromatic rings. The molecule has 0 aliphatic carbocycles. The van der Waals surface area contributed by atoms with Crippen molar-refractivity contribution in [1.29, 1.82) is 0 Å². The molecule has 0 aliphatic heterocycles. The van der Waals surface area contributed by atoms with E-state index in [-0.39, 0.29) is 5.76 Å². The van der Waals surface area contributed by atoms with Crippen LogP contribution in [0.15, 0.2) is 12.3 Å². The summed E-state index contributed by atoms with van der Waals surface area (Å²) in [7, 11) is 0. The van der Waals surface area contributed by atoms with E-state index in [1.165, 1.54) is 0 Å². The summed E-state index contributed by atoms with van der Waals surface area (Å²) >= 11 is 0. The zero-order valence-corrected chi connectivity index (χ0v) is 8.89. The minimum absolute atomic E-state index is 0.0810. The van der Waals surface area contributed by atoms with E-state index in [9.17, 15) is 5.11 Å². The standard InChI is InChI=1S/C10H12N4O/c1-4-8(15)9-12-10-7(3)11-5-6(2)14(10)13-9/h4-5,15H,1-3H3/b8-4-. The molecule has 0 radical (unpaired) electrons. The fraction of sp³-hybridized carbons (Fsp3) is 0.300. The summed E-state index contributed by atoms with van der Waals surface area (Å²) in [5.74, 6) is 0.411. The summed E-state index contributed by atoms with van der Waals surface area (Å²) in [4.78, 5) is 8.40. The van der Waals surface area contributed by atoms with Crippen molar-refractivity contribution in [2.75, 3.05) is 0 Å². The van der Waals surface area contributed by atoms with Crippen molar-refractivity contribution in [2.45, 2.75) is 20.8 Å². The van der Waals surface area contributed by atoms with E-state index in [0.29, 0.717) is 11.5 Å². The number of aromatic nitrogens is 4. The second-order valence-electron chi connectivity index (χ2n) is 3.33. The van der Waals surface area contributed by atoms with Crippen LogP contribution in [-0.4, -0.2) is 24.7 Å². The number of aryl methyl sites for hydroxylation is 2. The van der Waals surface area contributed by atoms with Gasteiger partial charge in [0.1, 0.15) is 0 Å². The summed E-state index contributed by atoms with van der Waals surface area (Å²) in [6.45, 7) is 5.49. The monoisotopic (exact) mass is 204 g/mol. The summed E-state index contributed by atoms with van der Waals surface area (Å²) in [6, 6.07) is 0. The van der Waals surface area contributed by atoms with Gasteiger partial charge in [-0.1, -0.05) is 0 Å². The molecule has 15 heavy (non-hydrogen) atoms. The van der Waals surface area contributed by atoms with E-state index in [4.69, 9.17) is 0 Å². The Labute approximate surface area is 87.1 Å². The number of allylic oxidation sites excluding steroid dienone is 1. The Bertz CT molecular complexity index is 503. The minimum Gasteiger partial charge on any atom is -0.504 e. The van der Waals surface area contributed by atoms with E-state index >= 15 is 0 Å². The summed E-state index contributed by atoms with van der Waals surface area (Å²) in [6.07, 6.45) is 3.29. The summed E-state index contributed by atoms with van der Waals surface area (Å²) in [5, 5.41) is 13.7. The number of rotatable bonds is 1. The Morgan fingerprint density at radius 3 is 2.80 bits per heavy atom. The third-order valence-corrected chi connectivity index (χ3v) is 2.21. The fourth-order valence-electron chi connectivity index (χ4n) is 1.33. The highest BCUT2D eigenvalue weighted by Gasteiger charge is 2.10. The number of fused-ring (bicyclic) bond motifs is 1. The topological polar surface area (TPSA) is 63.3 Å². The van der Waals surface area contributed by atoms with Gasteiger partial charge in [-0.2, -0.15) is 0 Å². The number of aliphatic hydroxyl groups is 1. The van der Waals surface area contributed by atoms with Gasteiger partial charge in [0.15, 0.2) is 11.4 Å². The zero-order chi connectivity index (χ0) is 11.0.